The molecule has 1 aromatic carbocycles. The van der Waals surface area contributed by atoms with E-state index in [1.165, 1.54) is 17.0 Å². The van der Waals surface area contributed by atoms with Crippen LogP contribution in [-0.4, -0.2) is 25.8 Å². The van der Waals surface area contributed by atoms with Crippen LogP contribution in [0.2, 0.25) is 0 Å². The summed E-state index contributed by atoms with van der Waals surface area (Å²) in [5.74, 6) is -1.00. The number of ketones is 2. The first-order valence-corrected chi connectivity index (χ1v) is 12.0. The van der Waals surface area contributed by atoms with Crippen molar-refractivity contribution in [1.29, 1.82) is 0 Å². The van der Waals surface area contributed by atoms with Crippen LogP contribution in [0.3, 0.4) is 0 Å². The van der Waals surface area contributed by atoms with Gasteiger partial charge in [-0.1, -0.05) is 55.4 Å². The van der Waals surface area contributed by atoms with Gasteiger partial charge in [-0.15, -0.1) is 4.51 Å². The highest BCUT2D eigenvalue weighted by Gasteiger charge is 2.29. The van der Waals surface area contributed by atoms with Gasteiger partial charge in [-0.2, -0.15) is 0 Å². The van der Waals surface area contributed by atoms with E-state index in [4.69, 9.17) is 11.8 Å². The van der Waals surface area contributed by atoms with Crippen LogP contribution in [0.1, 0.15) is 96.0 Å². The second-order valence-corrected chi connectivity index (χ2v) is 11.0. The molecule has 0 aliphatic heterocycles. The Balaban J connectivity index is 2.49. The summed E-state index contributed by atoms with van der Waals surface area (Å²) in [7, 11) is 0. The van der Waals surface area contributed by atoms with E-state index in [9.17, 15) is 14.7 Å². The number of benzene rings is 1. The number of Topliss-reactive ketones (excluding diaryl/α,β-unsaturated/α-hetero) is 2. The van der Waals surface area contributed by atoms with Crippen LogP contribution in [0.25, 0.3) is 0 Å². The minimum atomic E-state index is -1.94. The van der Waals surface area contributed by atoms with E-state index < -0.39 is 18.0 Å². The quantitative estimate of drug-likeness (QED) is 0.458. The van der Waals surface area contributed by atoms with E-state index in [1.54, 1.807) is 12.1 Å². The van der Waals surface area contributed by atoms with Gasteiger partial charge in [-0.05, 0) is 35.8 Å². The van der Waals surface area contributed by atoms with Crippen LogP contribution in [0.4, 0.5) is 4.39 Å². The monoisotopic (exact) mass is 493 g/mol. The number of imidazole rings is 1. The predicted octanol–water partition coefficient (Wildman–Crippen LogP) is 6.00. The predicted molar refractivity (Wildman–Crippen MR) is 133 cm³/mol. The minimum absolute atomic E-state index is 0.0207. The molecule has 188 valence electrons. The zero-order valence-electron chi connectivity index (χ0n) is 21.4. The average molecular weight is 494 g/mol. The van der Waals surface area contributed by atoms with E-state index in [-0.39, 0.29) is 34.5 Å². The van der Waals surface area contributed by atoms with E-state index >= 15 is 4.39 Å². The molecule has 1 aromatic heterocycles. The van der Waals surface area contributed by atoms with Gasteiger partial charge in [0.15, 0.2) is 11.6 Å². The molecule has 0 fully saturated rings. The summed E-state index contributed by atoms with van der Waals surface area (Å²) in [6.07, 6.45) is 2.00. The van der Waals surface area contributed by atoms with E-state index in [0.29, 0.717) is 29.5 Å². The Hall–Kier alpha value is -2.41. The maximum atomic E-state index is 15.1. The molecule has 0 spiro atoms. The third-order valence-corrected chi connectivity index (χ3v) is 6.35. The molecule has 0 bridgehead atoms. The summed E-state index contributed by atoms with van der Waals surface area (Å²) >= 11 is 5.76. The minimum Gasteiger partial charge on any atom is -0.507 e. The molecule has 0 saturated carbocycles. The van der Waals surface area contributed by atoms with Gasteiger partial charge < -0.3 is 9.67 Å². The Morgan fingerprint density at radius 1 is 1.03 bits per heavy atom. The largest absolute Gasteiger partial charge is 0.507 e. The lowest BCUT2D eigenvalue weighted by Crippen LogP contribution is -2.33. The number of halogens is 2. The second-order valence-electron chi connectivity index (χ2n) is 10.8. The number of rotatable bonds is 8. The molecule has 34 heavy (non-hydrogen) atoms. The summed E-state index contributed by atoms with van der Waals surface area (Å²) in [5, 5.41) is 10.9. The lowest BCUT2D eigenvalue weighted by atomic mass is 9.78. The van der Waals surface area contributed by atoms with Gasteiger partial charge in [0.2, 0.25) is 11.9 Å². The third-order valence-electron chi connectivity index (χ3n) is 6.20. The highest BCUT2D eigenvalue weighted by molar-refractivity contribution is 6.14. The molecule has 0 amide bonds. The Bertz CT molecular complexity index is 1080. The van der Waals surface area contributed by atoms with Crippen LogP contribution < -0.4 is 5.62 Å². The fraction of sp³-hybridized carbons (Fsp3) is 0.577. The van der Waals surface area contributed by atoms with Crippen molar-refractivity contribution in [3.05, 3.63) is 46.8 Å². The second kappa shape index (κ2) is 10.5. The van der Waals surface area contributed by atoms with Crippen LogP contribution >= 0.6 is 11.8 Å². The van der Waals surface area contributed by atoms with Crippen LogP contribution in [-0.2, 0) is 22.2 Å². The number of carbonyl (C=O) groups is 2. The highest BCUT2D eigenvalue weighted by atomic mass is 35.5. The molecule has 6 nitrogen and oxygen atoms in total. The van der Waals surface area contributed by atoms with Gasteiger partial charge in [0.1, 0.15) is 5.75 Å². The lowest BCUT2D eigenvalue weighted by Gasteiger charge is -2.28. The first kappa shape index (κ1) is 27.8. The smallest absolute Gasteiger partial charge is 0.237 e. The topological polar surface area (TPSA) is 76.6 Å². The number of phenolic OH excluding ortho intramolecular Hbond substituents is 1. The van der Waals surface area contributed by atoms with E-state index in [0.717, 1.165) is 4.57 Å². The summed E-state index contributed by atoms with van der Waals surface area (Å²) in [4.78, 5) is 25.8. The number of nitrogens with zero attached hydrogens (tertiary/aromatic N) is 3. The lowest BCUT2D eigenvalue weighted by molar-refractivity contribution is -0.131. The number of alkyl halides is 1. The molecule has 0 radical (unpaired) electrons. The zero-order chi connectivity index (χ0) is 26.0. The van der Waals surface area contributed by atoms with Crippen molar-refractivity contribution >= 4 is 23.3 Å². The molecule has 1 unspecified atom stereocenters. The molecule has 2 rings (SSSR count). The standard InChI is InChI=1S/C26H37ClFN3O3/c1-9-16(10-2)21(33)23(28)31-12-11-30(24(31)29-27)15-20(32)17-13-18(25(3,4)5)22(34)19(14-17)26(6,7)8/h11-14,16,23,34H,9-10,15H2,1-8H3. The van der Waals surface area contributed by atoms with E-state index in [2.05, 4.69) is 4.51 Å². The molecule has 8 heteroatoms. The molecular formula is C26H37ClFN3O3. The Kier molecular flexibility index (Phi) is 8.57. The first-order chi connectivity index (χ1) is 15.7. The molecule has 1 N–H and O–H groups in total. The molecule has 1 atom stereocenters. The summed E-state index contributed by atoms with van der Waals surface area (Å²) in [5.41, 5.74) is 0.987. The van der Waals surface area contributed by atoms with Crippen molar-refractivity contribution < 1.29 is 19.1 Å². The SMILES string of the molecule is CCC(CC)C(=O)C(F)n1ccn(CC(=O)c2cc(C(C)(C)C)c(O)c(C(C)(C)C)c2)c1=NCl. The number of aromatic hydroxyl groups is 1. The molecule has 0 saturated heterocycles. The fourth-order valence-corrected chi connectivity index (χ4v) is 4.22. The Morgan fingerprint density at radius 2 is 1.53 bits per heavy atom. The first-order valence-electron chi connectivity index (χ1n) is 11.7. The van der Waals surface area contributed by atoms with Crippen LogP contribution in [0, 0.1) is 5.92 Å². The average Bonchev–Trinajstić information content (AvgIpc) is 3.14. The third kappa shape index (κ3) is 5.80. The van der Waals surface area contributed by atoms with E-state index in [1.807, 2.05) is 55.4 Å². The molecule has 0 aliphatic rings. The molecule has 1 heterocycles. The van der Waals surface area contributed by atoms with Crippen molar-refractivity contribution in [2.45, 2.75) is 91.9 Å². The van der Waals surface area contributed by atoms with Gasteiger partial charge in [-0.25, -0.2) is 4.39 Å². The number of aromatic nitrogens is 2. The number of hydrogen-bond donors (Lipinski definition) is 1. The zero-order valence-corrected chi connectivity index (χ0v) is 22.2. The highest BCUT2D eigenvalue weighted by Crippen LogP contribution is 2.39. The van der Waals surface area contributed by atoms with Crippen molar-refractivity contribution in [2.24, 2.45) is 10.4 Å². The van der Waals surface area contributed by atoms with Crippen molar-refractivity contribution in [1.82, 2.24) is 9.13 Å². The van der Waals surface area contributed by atoms with Gasteiger partial charge in [-0.3, -0.25) is 14.2 Å². The summed E-state index contributed by atoms with van der Waals surface area (Å²) in [6.45, 7) is 15.4. The summed E-state index contributed by atoms with van der Waals surface area (Å²) in [6, 6.07) is 3.41. The fourth-order valence-electron chi connectivity index (χ4n) is 4.03. The molecule has 2 aromatic rings. The Labute approximate surface area is 206 Å². The maximum absolute atomic E-state index is 15.1. The normalized spacial score (nSPS) is 14.0. The van der Waals surface area contributed by atoms with Crippen LogP contribution in [0.15, 0.2) is 29.0 Å². The van der Waals surface area contributed by atoms with Gasteiger partial charge in [0, 0.05) is 46.8 Å². The van der Waals surface area contributed by atoms with Gasteiger partial charge in [0.05, 0.1) is 6.54 Å². The number of carbonyl (C=O) groups excluding carboxylic acids is 2. The number of phenols is 1. The summed E-state index contributed by atoms with van der Waals surface area (Å²) < 4.78 is 21.2. The molecule has 0 aliphatic carbocycles. The van der Waals surface area contributed by atoms with Crippen molar-refractivity contribution in [3.8, 4) is 5.75 Å². The number of hydrogen-bond acceptors (Lipinski definition) is 4. The van der Waals surface area contributed by atoms with Crippen molar-refractivity contribution in [3.63, 3.8) is 0 Å². The van der Waals surface area contributed by atoms with Crippen LogP contribution in [0.5, 0.6) is 5.75 Å². The Morgan fingerprint density at radius 3 is 1.94 bits per heavy atom. The molecular weight excluding hydrogens is 457 g/mol. The van der Waals surface area contributed by atoms with Crippen molar-refractivity contribution in [2.75, 3.05) is 0 Å². The van der Waals surface area contributed by atoms with Gasteiger partial charge >= 0.3 is 0 Å². The van der Waals surface area contributed by atoms with Gasteiger partial charge in [0.25, 0.3) is 0 Å². The maximum Gasteiger partial charge on any atom is 0.237 e.